The van der Waals surface area contributed by atoms with E-state index in [2.05, 4.69) is 10.5 Å². The summed E-state index contributed by atoms with van der Waals surface area (Å²) in [6.45, 7) is 2.42. The van der Waals surface area contributed by atoms with Crippen molar-refractivity contribution < 1.29 is 14.1 Å². The minimum absolute atomic E-state index is 0.178. The van der Waals surface area contributed by atoms with Gasteiger partial charge in [-0.3, -0.25) is 4.79 Å². The second-order valence-corrected chi connectivity index (χ2v) is 5.90. The molecule has 2 heterocycles. The van der Waals surface area contributed by atoms with Gasteiger partial charge in [0.25, 0.3) is 5.91 Å². The summed E-state index contributed by atoms with van der Waals surface area (Å²) >= 11 is 0. The molecule has 5 heteroatoms. The number of amides is 1. The van der Waals surface area contributed by atoms with Gasteiger partial charge in [0.15, 0.2) is 11.5 Å². The van der Waals surface area contributed by atoms with Crippen LogP contribution in [0.3, 0.4) is 0 Å². The Kier molecular flexibility index (Phi) is 5.42. The van der Waals surface area contributed by atoms with E-state index >= 15 is 0 Å². The van der Waals surface area contributed by atoms with Gasteiger partial charge in [-0.05, 0) is 31.6 Å². The summed E-state index contributed by atoms with van der Waals surface area (Å²) in [5, 5.41) is 6.77. The first-order valence-corrected chi connectivity index (χ1v) is 8.21. The standard InChI is InChI=1S/C18H22N2O3/c21-18(19-10-4-5-14-8-11-22-12-9-14)16-13-17(23-20-16)15-6-2-1-3-7-15/h1-3,6-7,13-14H,4-5,8-12H2,(H,19,21). The third-order valence-corrected chi connectivity index (χ3v) is 4.22. The van der Waals surface area contributed by atoms with Crippen LogP contribution < -0.4 is 5.32 Å². The maximum atomic E-state index is 12.1. The third-order valence-electron chi connectivity index (χ3n) is 4.22. The summed E-state index contributed by atoms with van der Waals surface area (Å²) < 4.78 is 10.6. The van der Waals surface area contributed by atoms with Crippen LogP contribution in [0.1, 0.15) is 36.2 Å². The molecule has 0 atom stereocenters. The summed E-state index contributed by atoms with van der Waals surface area (Å²) in [5.41, 5.74) is 1.24. The maximum absolute atomic E-state index is 12.1. The Hall–Kier alpha value is -2.14. The van der Waals surface area contributed by atoms with E-state index in [1.807, 2.05) is 30.3 Å². The molecule has 0 radical (unpaired) electrons. The molecule has 1 aliphatic heterocycles. The van der Waals surface area contributed by atoms with Gasteiger partial charge in [0, 0.05) is 31.4 Å². The second-order valence-electron chi connectivity index (χ2n) is 5.90. The molecule has 3 rings (SSSR count). The van der Waals surface area contributed by atoms with Gasteiger partial charge in [0.2, 0.25) is 0 Å². The predicted octanol–water partition coefficient (Wildman–Crippen LogP) is 3.28. The first-order valence-electron chi connectivity index (χ1n) is 8.21. The van der Waals surface area contributed by atoms with E-state index in [1.54, 1.807) is 6.07 Å². The van der Waals surface area contributed by atoms with Crippen LogP contribution in [0.25, 0.3) is 11.3 Å². The number of hydrogen-bond donors (Lipinski definition) is 1. The molecule has 1 saturated heterocycles. The van der Waals surface area contributed by atoms with Crippen molar-refractivity contribution in [2.45, 2.75) is 25.7 Å². The number of carbonyl (C=O) groups excluding carboxylic acids is 1. The molecule has 1 aliphatic rings. The number of carbonyl (C=O) groups is 1. The van der Waals surface area contributed by atoms with E-state index in [9.17, 15) is 4.79 Å². The summed E-state index contributed by atoms with van der Waals surface area (Å²) in [6.07, 6.45) is 4.40. The Balaban J connectivity index is 1.44. The van der Waals surface area contributed by atoms with Crippen LogP contribution in [-0.2, 0) is 4.74 Å². The normalized spacial score (nSPS) is 15.5. The fraction of sp³-hybridized carbons (Fsp3) is 0.444. The number of hydrogen-bond acceptors (Lipinski definition) is 4. The van der Waals surface area contributed by atoms with Crippen molar-refractivity contribution in [3.63, 3.8) is 0 Å². The molecule has 122 valence electrons. The molecule has 1 N–H and O–H groups in total. The molecule has 1 aromatic carbocycles. The molecule has 0 aliphatic carbocycles. The lowest BCUT2D eigenvalue weighted by molar-refractivity contribution is 0.0631. The van der Waals surface area contributed by atoms with Gasteiger partial charge in [0.05, 0.1) is 0 Å². The minimum Gasteiger partial charge on any atom is -0.381 e. The monoisotopic (exact) mass is 314 g/mol. The zero-order chi connectivity index (χ0) is 15.9. The van der Waals surface area contributed by atoms with Gasteiger partial charge in [-0.15, -0.1) is 0 Å². The molecule has 0 saturated carbocycles. The lowest BCUT2D eigenvalue weighted by Gasteiger charge is -2.21. The molecule has 1 amide bonds. The van der Waals surface area contributed by atoms with Crippen molar-refractivity contribution in [3.05, 3.63) is 42.1 Å². The average Bonchev–Trinajstić information content (AvgIpc) is 3.10. The molecule has 0 spiro atoms. The number of ether oxygens (including phenoxy) is 1. The zero-order valence-electron chi connectivity index (χ0n) is 13.2. The smallest absolute Gasteiger partial charge is 0.273 e. The van der Waals surface area contributed by atoms with Crippen LogP contribution in [-0.4, -0.2) is 30.8 Å². The average molecular weight is 314 g/mol. The van der Waals surface area contributed by atoms with Crippen molar-refractivity contribution in [1.82, 2.24) is 10.5 Å². The second kappa shape index (κ2) is 7.92. The Labute approximate surface area is 136 Å². The summed E-state index contributed by atoms with van der Waals surface area (Å²) in [7, 11) is 0. The van der Waals surface area contributed by atoms with E-state index in [0.29, 0.717) is 18.0 Å². The largest absolute Gasteiger partial charge is 0.381 e. The lowest BCUT2D eigenvalue weighted by atomic mass is 9.95. The van der Waals surface area contributed by atoms with Gasteiger partial charge in [-0.1, -0.05) is 35.5 Å². The molecule has 0 unspecified atom stereocenters. The van der Waals surface area contributed by atoms with Crippen LogP contribution >= 0.6 is 0 Å². The van der Waals surface area contributed by atoms with Crippen LogP contribution in [0.15, 0.2) is 40.9 Å². The Morgan fingerprint density at radius 3 is 2.78 bits per heavy atom. The predicted molar refractivity (Wildman–Crippen MR) is 87.0 cm³/mol. The SMILES string of the molecule is O=C(NCCCC1CCOCC1)c1cc(-c2ccccc2)on1. The van der Waals surface area contributed by atoms with Crippen molar-refractivity contribution in [3.8, 4) is 11.3 Å². The summed E-state index contributed by atoms with van der Waals surface area (Å²) in [5.74, 6) is 1.17. The molecule has 2 aromatic rings. The highest BCUT2D eigenvalue weighted by atomic mass is 16.5. The highest BCUT2D eigenvalue weighted by Gasteiger charge is 2.15. The van der Waals surface area contributed by atoms with Crippen molar-refractivity contribution in [1.29, 1.82) is 0 Å². The van der Waals surface area contributed by atoms with Gasteiger partial charge < -0.3 is 14.6 Å². The molecule has 1 fully saturated rings. The minimum atomic E-state index is -0.178. The topological polar surface area (TPSA) is 64.4 Å². The van der Waals surface area contributed by atoms with E-state index in [-0.39, 0.29) is 5.91 Å². The van der Waals surface area contributed by atoms with Crippen LogP contribution in [0.5, 0.6) is 0 Å². The quantitative estimate of drug-likeness (QED) is 0.831. The highest BCUT2D eigenvalue weighted by Crippen LogP contribution is 2.20. The van der Waals surface area contributed by atoms with Gasteiger partial charge in [-0.25, -0.2) is 0 Å². The molecule has 23 heavy (non-hydrogen) atoms. The Morgan fingerprint density at radius 2 is 2.00 bits per heavy atom. The summed E-state index contributed by atoms with van der Waals surface area (Å²) in [6, 6.07) is 11.3. The number of benzene rings is 1. The molecule has 5 nitrogen and oxygen atoms in total. The molecular weight excluding hydrogens is 292 g/mol. The lowest BCUT2D eigenvalue weighted by Crippen LogP contribution is -2.25. The van der Waals surface area contributed by atoms with Gasteiger partial charge >= 0.3 is 0 Å². The number of nitrogens with one attached hydrogen (secondary N) is 1. The van der Waals surface area contributed by atoms with Crippen LogP contribution in [0, 0.1) is 5.92 Å². The van der Waals surface area contributed by atoms with Crippen LogP contribution in [0.2, 0.25) is 0 Å². The maximum Gasteiger partial charge on any atom is 0.273 e. The third kappa shape index (κ3) is 4.42. The van der Waals surface area contributed by atoms with E-state index < -0.39 is 0 Å². The molecule has 0 bridgehead atoms. The number of nitrogens with zero attached hydrogens (tertiary/aromatic N) is 1. The molecular formula is C18H22N2O3. The van der Waals surface area contributed by atoms with Gasteiger partial charge in [-0.2, -0.15) is 0 Å². The Morgan fingerprint density at radius 1 is 1.22 bits per heavy atom. The van der Waals surface area contributed by atoms with Crippen LogP contribution in [0.4, 0.5) is 0 Å². The fourth-order valence-corrected chi connectivity index (χ4v) is 2.84. The number of rotatable bonds is 6. The van der Waals surface area contributed by atoms with E-state index in [4.69, 9.17) is 9.26 Å². The van der Waals surface area contributed by atoms with Crippen molar-refractivity contribution in [2.75, 3.05) is 19.8 Å². The van der Waals surface area contributed by atoms with Crippen molar-refractivity contribution >= 4 is 5.91 Å². The highest BCUT2D eigenvalue weighted by molar-refractivity contribution is 5.93. The van der Waals surface area contributed by atoms with Crippen molar-refractivity contribution in [2.24, 2.45) is 5.92 Å². The first-order chi connectivity index (χ1) is 11.3. The molecule has 1 aromatic heterocycles. The Bertz CT molecular complexity index is 618. The van der Waals surface area contributed by atoms with Gasteiger partial charge in [0.1, 0.15) is 0 Å². The van der Waals surface area contributed by atoms with E-state index in [1.165, 1.54) is 0 Å². The summed E-state index contributed by atoms with van der Waals surface area (Å²) in [4.78, 5) is 12.1. The first kappa shape index (κ1) is 15.7. The fourth-order valence-electron chi connectivity index (χ4n) is 2.84. The van der Waals surface area contributed by atoms with E-state index in [0.717, 1.165) is 50.4 Å². The zero-order valence-corrected chi connectivity index (χ0v) is 13.2. The number of aromatic nitrogens is 1.